The molecule has 0 amide bonds. The second-order valence-electron chi connectivity index (χ2n) is 3.44. The van der Waals surface area contributed by atoms with Crippen LogP contribution in [0.4, 0.5) is 0 Å². The van der Waals surface area contributed by atoms with Crippen LogP contribution in [-0.2, 0) is 0 Å². The quantitative estimate of drug-likeness (QED) is 0.625. The summed E-state index contributed by atoms with van der Waals surface area (Å²) in [6.45, 7) is 2.09. The Labute approximate surface area is 91.0 Å². The van der Waals surface area contributed by atoms with Gasteiger partial charge in [-0.15, -0.1) is 0 Å². The van der Waals surface area contributed by atoms with Crippen LogP contribution in [0.1, 0.15) is 5.56 Å². The Morgan fingerprint density at radius 3 is 3.07 bits per heavy atom. The molecule has 0 fully saturated rings. The maximum absolute atomic E-state index is 4.54. The molecule has 0 spiro atoms. The summed E-state index contributed by atoms with van der Waals surface area (Å²) in [4.78, 5) is 8.55. The number of hydrogen-bond acceptors (Lipinski definition) is 3. The number of rotatable bonds is 1. The normalized spacial score (nSPS) is 11.0. The molecule has 0 N–H and O–H groups in total. The summed E-state index contributed by atoms with van der Waals surface area (Å²) in [7, 11) is 0. The molecule has 2 aromatic heterocycles. The van der Waals surface area contributed by atoms with Crippen LogP contribution in [0.25, 0.3) is 15.3 Å². The molecule has 3 aromatic rings. The second kappa shape index (κ2) is 3.17. The lowest BCUT2D eigenvalue weighted by atomic mass is 10.2. The van der Waals surface area contributed by atoms with Gasteiger partial charge in [-0.3, -0.25) is 4.57 Å². The molecular formula is C11H9N3S. The van der Waals surface area contributed by atoms with Crippen LogP contribution in [-0.4, -0.2) is 14.5 Å². The van der Waals surface area contributed by atoms with Crippen molar-refractivity contribution >= 4 is 21.6 Å². The second-order valence-corrected chi connectivity index (χ2v) is 4.45. The molecular weight excluding hydrogens is 206 g/mol. The standard InChI is InChI=1S/C11H9N3S/c1-8-2-3-9-10(6-8)15-11(13-9)14-5-4-12-7-14/h2-7H,1H3. The Morgan fingerprint density at radius 1 is 1.33 bits per heavy atom. The van der Waals surface area contributed by atoms with E-state index in [0.717, 1.165) is 10.6 Å². The van der Waals surface area contributed by atoms with Crippen molar-refractivity contribution in [2.24, 2.45) is 0 Å². The van der Waals surface area contributed by atoms with E-state index in [9.17, 15) is 0 Å². The van der Waals surface area contributed by atoms with Crippen LogP contribution >= 0.6 is 11.3 Å². The molecule has 0 aliphatic carbocycles. The van der Waals surface area contributed by atoms with Gasteiger partial charge in [-0.25, -0.2) is 9.97 Å². The summed E-state index contributed by atoms with van der Waals surface area (Å²) < 4.78 is 3.15. The first-order valence-corrected chi connectivity index (χ1v) is 5.50. The van der Waals surface area contributed by atoms with Crippen LogP contribution in [0.15, 0.2) is 36.9 Å². The van der Waals surface area contributed by atoms with Gasteiger partial charge in [0.15, 0.2) is 5.13 Å². The van der Waals surface area contributed by atoms with Crippen LogP contribution in [0.2, 0.25) is 0 Å². The third kappa shape index (κ3) is 1.43. The predicted octanol–water partition coefficient (Wildman–Crippen LogP) is 2.79. The van der Waals surface area contributed by atoms with Crippen molar-refractivity contribution in [1.29, 1.82) is 0 Å². The molecule has 2 heterocycles. The fraction of sp³-hybridized carbons (Fsp3) is 0.0909. The van der Waals surface area contributed by atoms with E-state index in [4.69, 9.17) is 0 Å². The SMILES string of the molecule is Cc1ccc2nc(-n3ccnc3)sc2c1. The first-order valence-electron chi connectivity index (χ1n) is 4.68. The lowest BCUT2D eigenvalue weighted by Gasteiger charge is -1.90. The van der Waals surface area contributed by atoms with Gasteiger partial charge >= 0.3 is 0 Å². The maximum Gasteiger partial charge on any atom is 0.195 e. The number of imidazole rings is 1. The molecule has 0 radical (unpaired) electrons. The van der Waals surface area contributed by atoms with E-state index < -0.39 is 0 Å². The number of hydrogen-bond donors (Lipinski definition) is 0. The van der Waals surface area contributed by atoms with E-state index in [0.29, 0.717) is 0 Å². The summed E-state index contributed by atoms with van der Waals surface area (Å²) in [5.41, 5.74) is 2.32. The highest BCUT2D eigenvalue weighted by Crippen LogP contribution is 2.25. The zero-order valence-electron chi connectivity index (χ0n) is 8.21. The molecule has 0 bridgehead atoms. The topological polar surface area (TPSA) is 30.7 Å². The summed E-state index contributed by atoms with van der Waals surface area (Å²) in [6, 6.07) is 6.30. The van der Waals surface area contributed by atoms with Gasteiger partial charge in [0, 0.05) is 12.4 Å². The average Bonchev–Trinajstić information content (AvgIpc) is 2.84. The molecule has 0 atom stereocenters. The van der Waals surface area contributed by atoms with Gasteiger partial charge in [-0.05, 0) is 24.6 Å². The lowest BCUT2D eigenvalue weighted by Crippen LogP contribution is -1.86. The molecule has 15 heavy (non-hydrogen) atoms. The molecule has 0 aliphatic heterocycles. The molecule has 0 saturated carbocycles. The van der Waals surface area contributed by atoms with Crippen molar-refractivity contribution in [2.45, 2.75) is 6.92 Å². The van der Waals surface area contributed by atoms with Gasteiger partial charge in [0.2, 0.25) is 0 Å². The number of aryl methyl sites for hydroxylation is 1. The zero-order valence-corrected chi connectivity index (χ0v) is 9.03. The summed E-state index contributed by atoms with van der Waals surface area (Å²) in [5, 5.41) is 0.966. The number of fused-ring (bicyclic) bond motifs is 1. The van der Waals surface area contributed by atoms with Crippen molar-refractivity contribution in [3.8, 4) is 5.13 Å². The Morgan fingerprint density at radius 2 is 2.27 bits per heavy atom. The van der Waals surface area contributed by atoms with Crippen molar-refractivity contribution in [3.05, 3.63) is 42.5 Å². The van der Waals surface area contributed by atoms with Crippen LogP contribution < -0.4 is 0 Å². The van der Waals surface area contributed by atoms with Gasteiger partial charge in [0.05, 0.1) is 10.2 Å². The monoisotopic (exact) mass is 215 g/mol. The van der Waals surface area contributed by atoms with Crippen LogP contribution in [0, 0.1) is 6.92 Å². The Bertz CT molecular complexity index is 595. The highest BCUT2D eigenvalue weighted by molar-refractivity contribution is 7.20. The van der Waals surface area contributed by atoms with E-state index in [-0.39, 0.29) is 0 Å². The van der Waals surface area contributed by atoms with Gasteiger partial charge in [-0.1, -0.05) is 17.4 Å². The molecule has 0 unspecified atom stereocenters. The van der Waals surface area contributed by atoms with Crippen molar-refractivity contribution in [2.75, 3.05) is 0 Å². The largest absolute Gasteiger partial charge is 0.282 e. The van der Waals surface area contributed by atoms with Gasteiger partial charge < -0.3 is 0 Å². The minimum Gasteiger partial charge on any atom is -0.282 e. The van der Waals surface area contributed by atoms with E-state index in [1.165, 1.54) is 10.3 Å². The third-order valence-corrected chi connectivity index (χ3v) is 3.29. The van der Waals surface area contributed by atoms with Crippen molar-refractivity contribution in [1.82, 2.24) is 14.5 Å². The number of nitrogens with zero attached hydrogens (tertiary/aromatic N) is 3. The lowest BCUT2D eigenvalue weighted by molar-refractivity contribution is 1.04. The van der Waals surface area contributed by atoms with Crippen LogP contribution in [0.3, 0.4) is 0 Å². The Balaban J connectivity index is 2.22. The summed E-state index contributed by atoms with van der Waals surface area (Å²) >= 11 is 1.68. The average molecular weight is 215 g/mol. The number of thiazole rings is 1. The highest BCUT2D eigenvalue weighted by atomic mass is 32.1. The van der Waals surface area contributed by atoms with Crippen LogP contribution in [0.5, 0.6) is 0 Å². The molecule has 0 saturated heterocycles. The maximum atomic E-state index is 4.54. The zero-order chi connectivity index (χ0) is 10.3. The highest BCUT2D eigenvalue weighted by Gasteiger charge is 2.04. The van der Waals surface area contributed by atoms with Crippen molar-refractivity contribution < 1.29 is 0 Å². The summed E-state index contributed by atoms with van der Waals surface area (Å²) in [5.74, 6) is 0. The Kier molecular flexibility index (Phi) is 1.82. The van der Waals surface area contributed by atoms with Crippen molar-refractivity contribution in [3.63, 3.8) is 0 Å². The smallest absolute Gasteiger partial charge is 0.195 e. The fourth-order valence-corrected chi connectivity index (χ4v) is 2.52. The van der Waals surface area contributed by atoms with E-state index in [2.05, 4.69) is 35.1 Å². The van der Waals surface area contributed by atoms with Gasteiger partial charge in [-0.2, -0.15) is 0 Å². The predicted molar refractivity (Wildman–Crippen MR) is 61.5 cm³/mol. The molecule has 74 valence electrons. The molecule has 3 rings (SSSR count). The molecule has 1 aromatic carbocycles. The fourth-order valence-electron chi connectivity index (χ4n) is 1.50. The number of benzene rings is 1. The number of aromatic nitrogens is 3. The first-order chi connectivity index (χ1) is 7.33. The molecule has 0 aliphatic rings. The Hall–Kier alpha value is -1.68. The first kappa shape index (κ1) is 8.61. The molecule has 4 heteroatoms. The van der Waals surface area contributed by atoms with Gasteiger partial charge in [0.25, 0.3) is 0 Å². The van der Waals surface area contributed by atoms with E-state index >= 15 is 0 Å². The third-order valence-electron chi connectivity index (χ3n) is 2.26. The van der Waals surface area contributed by atoms with E-state index in [1.807, 2.05) is 10.8 Å². The van der Waals surface area contributed by atoms with E-state index in [1.54, 1.807) is 23.9 Å². The minimum atomic E-state index is 0.966. The summed E-state index contributed by atoms with van der Waals surface area (Å²) in [6.07, 6.45) is 5.44. The van der Waals surface area contributed by atoms with Gasteiger partial charge in [0.1, 0.15) is 6.33 Å². The minimum absolute atomic E-state index is 0.966. The molecule has 3 nitrogen and oxygen atoms in total.